The van der Waals surface area contributed by atoms with Gasteiger partial charge in [0, 0.05) is 40.4 Å². The molecule has 11 nitrogen and oxygen atoms in total. The van der Waals surface area contributed by atoms with Gasteiger partial charge < -0.3 is 28.6 Å². The van der Waals surface area contributed by atoms with Crippen LogP contribution in [0.3, 0.4) is 0 Å². The van der Waals surface area contributed by atoms with E-state index in [-0.39, 0.29) is 56.9 Å². The highest BCUT2D eigenvalue weighted by Gasteiger charge is 2.57. The number of amides is 1. The number of methoxy groups -OCH3 is 2. The van der Waals surface area contributed by atoms with E-state index >= 15 is 0 Å². The number of piperidine rings is 1. The summed E-state index contributed by atoms with van der Waals surface area (Å²) in [6.45, 7) is 4.83. The third kappa shape index (κ3) is 6.50. The molecule has 4 rings (SSSR count). The maximum atomic E-state index is 13.7. The molecular weight excluding hydrogens is 585 g/mol. The zero-order valence-electron chi connectivity index (χ0n) is 23.6. The highest BCUT2D eigenvalue weighted by atomic mass is 32.2. The Morgan fingerprint density at radius 2 is 1.76 bits per heavy atom. The van der Waals surface area contributed by atoms with Gasteiger partial charge in [-0.1, -0.05) is 24.3 Å². The molecule has 1 unspecified atom stereocenters. The number of benzene rings is 1. The van der Waals surface area contributed by atoms with Crippen molar-refractivity contribution >= 4 is 27.5 Å². The molecular formula is C27H35F3N2O9S. The number of ketones is 1. The number of rotatable bonds is 9. The number of Topliss-reactive ketones (excluding diaryl/α,β-unsaturated/α-hetero) is 1. The van der Waals surface area contributed by atoms with Gasteiger partial charge in [0.25, 0.3) is 0 Å². The predicted octanol–water partition coefficient (Wildman–Crippen LogP) is 2.99. The summed E-state index contributed by atoms with van der Waals surface area (Å²) in [7, 11) is -1.35. The molecule has 0 bridgehead atoms. The Hall–Kier alpha value is -2.56. The van der Waals surface area contributed by atoms with E-state index in [0.29, 0.717) is 0 Å². The topological polar surface area (TPSA) is 121 Å². The zero-order valence-corrected chi connectivity index (χ0v) is 24.5. The first-order valence-corrected chi connectivity index (χ1v) is 14.8. The van der Waals surface area contributed by atoms with Crippen molar-refractivity contribution in [1.82, 2.24) is 9.21 Å². The van der Waals surface area contributed by atoms with Gasteiger partial charge in [-0.05, 0) is 37.5 Å². The summed E-state index contributed by atoms with van der Waals surface area (Å²) in [4.78, 5) is 25.9. The van der Waals surface area contributed by atoms with Gasteiger partial charge in [0.05, 0.1) is 30.1 Å². The lowest BCUT2D eigenvalue weighted by atomic mass is 9.85. The SMILES string of the molecule is C=C(C)c1ccc(S(=O)(=O)N2CCOC3(CCN(C(=O)O[C@H](COC4C(=O)CC4(OC)OC)C(F)(F)F)CC3)C2)cc1. The second-order valence-corrected chi connectivity index (χ2v) is 12.6. The smallest absolute Gasteiger partial charge is 0.427 e. The fourth-order valence-corrected chi connectivity index (χ4v) is 6.75. The normalized spacial score (nSPS) is 23.3. The molecule has 0 aromatic heterocycles. The highest BCUT2D eigenvalue weighted by Crippen LogP contribution is 2.37. The van der Waals surface area contributed by atoms with E-state index in [1.165, 1.54) is 30.7 Å². The third-order valence-corrected chi connectivity index (χ3v) is 9.82. The molecule has 1 aliphatic carbocycles. The Balaban J connectivity index is 1.35. The van der Waals surface area contributed by atoms with Crippen molar-refractivity contribution in [3.8, 4) is 0 Å². The number of morpholine rings is 1. The lowest BCUT2D eigenvalue weighted by Crippen LogP contribution is -2.63. The first-order valence-electron chi connectivity index (χ1n) is 13.3. The Morgan fingerprint density at radius 3 is 2.29 bits per heavy atom. The van der Waals surface area contributed by atoms with E-state index in [1.54, 1.807) is 12.1 Å². The fraction of sp³-hybridized carbons (Fsp3) is 0.630. The van der Waals surface area contributed by atoms with Crippen LogP contribution in [0.15, 0.2) is 35.7 Å². The van der Waals surface area contributed by atoms with Crippen molar-refractivity contribution in [2.24, 2.45) is 0 Å². The number of alkyl halides is 3. The Labute approximate surface area is 242 Å². The molecule has 0 N–H and O–H groups in total. The molecule has 1 aromatic rings. The first kappa shape index (κ1) is 32.4. The van der Waals surface area contributed by atoms with Crippen LogP contribution in [0.5, 0.6) is 0 Å². The molecule has 2 aliphatic heterocycles. The maximum absolute atomic E-state index is 13.7. The first-order chi connectivity index (χ1) is 19.7. The molecule has 42 heavy (non-hydrogen) atoms. The van der Waals surface area contributed by atoms with Crippen LogP contribution in [-0.2, 0) is 38.5 Å². The zero-order chi connectivity index (χ0) is 30.9. The Morgan fingerprint density at radius 1 is 1.14 bits per heavy atom. The van der Waals surface area contributed by atoms with Gasteiger partial charge in [0.15, 0.2) is 11.9 Å². The van der Waals surface area contributed by atoms with Crippen LogP contribution in [0.4, 0.5) is 18.0 Å². The van der Waals surface area contributed by atoms with Crippen molar-refractivity contribution in [3.63, 3.8) is 0 Å². The van der Waals surface area contributed by atoms with Gasteiger partial charge in [0.1, 0.15) is 0 Å². The average molecular weight is 621 g/mol. The van der Waals surface area contributed by atoms with Crippen LogP contribution < -0.4 is 0 Å². The van der Waals surface area contributed by atoms with Crippen molar-refractivity contribution < 1.29 is 54.9 Å². The molecule has 1 spiro atoms. The number of hydrogen-bond donors (Lipinski definition) is 0. The minimum absolute atomic E-state index is 0.0109. The Bertz CT molecular complexity index is 1270. The number of likely N-dealkylation sites (tertiary alicyclic amines) is 1. The van der Waals surface area contributed by atoms with Crippen molar-refractivity contribution in [2.45, 2.75) is 60.9 Å². The lowest BCUT2D eigenvalue weighted by molar-refractivity contribution is -0.301. The summed E-state index contributed by atoms with van der Waals surface area (Å²) in [5.74, 6) is -1.99. The number of nitrogens with zero attached hydrogens (tertiary/aromatic N) is 2. The van der Waals surface area contributed by atoms with E-state index in [1.807, 2.05) is 6.92 Å². The summed E-state index contributed by atoms with van der Waals surface area (Å²) < 4.78 is 95.2. The Kier molecular flexibility index (Phi) is 9.40. The number of sulfonamides is 1. The molecule has 3 aliphatic rings. The van der Waals surface area contributed by atoms with Gasteiger partial charge >= 0.3 is 12.3 Å². The molecule has 3 fully saturated rings. The van der Waals surface area contributed by atoms with E-state index in [9.17, 15) is 31.2 Å². The second kappa shape index (κ2) is 12.2. The molecule has 2 heterocycles. The van der Waals surface area contributed by atoms with E-state index in [0.717, 1.165) is 16.0 Å². The number of carbonyl (C=O) groups excluding carboxylic acids is 2. The van der Waals surface area contributed by atoms with E-state index < -0.39 is 58.3 Å². The summed E-state index contributed by atoms with van der Waals surface area (Å²) in [6.07, 6.45) is -10.0. The van der Waals surface area contributed by atoms with Crippen molar-refractivity contribution in [1.29, 1.82) is 0 Å². The molecule has 2 saturated heterocycles. The monoisotopic (exact) mass is 620 g/mol. The quantitative estimate of drug-likeness (QED) is 0.384. The third-order valence-electron chi connectivity index (χ3n) is 7.96. The summed E-state index contributed by atoms with van der Waals surface area (Å²) in [6, 6.07) is 6.41. The molecule has 2 atom stereocenters. The van der Waals surface area contributed by atoms with Crippen molar-refractivity contribution in [2.75, 3.05) is 53.6 Å². The molecule has 1 saturated carbocycles. The molecule has 1 amide bonds. The lowest BCUT2D eigenvalue weighted by Gasteiger charge is -2.46. The van der Waals surface area contributed by atoms with Crippen LogP contribution in [0.1, 0.15) is 31.7 Å². The van der Waals surface area contributed by atoms with Crippen LogP contribution >= 0.6 is 0 Å². The van der Waals surface area contributed by atoms with Gasteiger partial charge in [0.2, 0.25) is 21.9 Å². The number of halogens is 3. The molecule has 15 heteroatoms. The standard InChI is InChI=1S/C27H35F3N2O9S/c1-18(2)19-5-7-20(8-6-19)42(35,36)32-13-14-40-25(17-32)9-11-31(12-10-25)24(34)41-22(27(28,29)30)16-39-23-21(33)15-26(23,37-3)38-4/h5-8,22-23H,1,9-17H2,2-4H3/t22-,23?/m1/s1. The largest absolute Gasteiger partial charge is 0.434 e. The minimum atomic E-state index is -4.97. The van der Waals surface area contributed by atoms with Gasteiger partial charge in [-0.3, -0.25) is 4.79 Å². The maximum Gasteiger partial charge on any atom is 0.427 e. The summed E-state index contributed by atoms with van der Waals surface area (Å²) >= 11 is 0. The van der Waals surface area contributed by atoms with Gasteiger partial charge in [-0.25, -0.2) is 13.2 Å². The summed E-state index contributed by atoms with van der Waals surface area (Å²) in [5, 5.41) is 0. The van der Waals surface area contributed by atoms with Gasteiger partial charge in [-0.15, -0.1) is 0 Å². The molecule has 0 radical (unpaired) electrons. The highest BCUT2D eigenvalue weighted by molar-refractivity contribution is 7.89. The van der Waals surface area contributed by atoms with Crippen molar-refractivity contribution in [3.05, 3.63) is 36.4 Å². The van der Waals surface area contributed by atoms with E-state index in [4.69, 9.17) is 23.7 Å². The number of hydrogen-bond acceptors (Lipinski definition) is 9. The fourth-order valence-electron chi connectivity index (χ4n) is 5.25. The second-order valence-electron chi connectivity index (χ2n) is 10.7. The van der Waals surface area contributed by atoms with Crippen LogP contribution in [-0.4, -0.2) is 113 Å². The predicted molar refractivity (Wildman–Crippen MR) is 142 cm³/mol. The minimum Gasteiger partial charge on any atom is -0.434 e. The summed E-state index contributed by atoms with van der Waals surface area (Å²) in [5.41, 5.74) is 0.720. The number of allylic oxidation sites excluding steroid dienone is 1. The number of carbonyl (C=O) groups is 2. The van der Waals surface area contributed by atoms with E-state index in [2.05, 4.69) is 6.58 Å². The number of ether oxygens (including phenoxy) is 5. The average Bonchev–Trinajstić information content (AvgIpc) is 2.95. The van der Waals surface area contributed by atoms with Gasteiger partial charge in [-0.2, -0.15) is 17.5 Å². The van der Waals surface area contributed by atoms with Crippen LogP contribution in [0, 0.1) is 0 Å². The van der Waals surface area contributed by atoms with Crippen LogP contribution in [0.2, 0.25) is 0 Å². The molecule has 1 aromatic carbocycles. The van der Waals surface area contributed by atoms with Crippen LogP contribution in [0.25, 0.3) is 5.57 Å². The molecule has 234 valence electrons.